The summed E-state index contributed by atoms with van der Waals surface area (Å²) in [7, 11) is 0. The molecule has 0 aliphatic carbocycles. The van der Waals surface area contributed by atoms with Crippen molar-refractivity contribution < 1.29 is 2.85 Å². The van der Waals surface area contributed by atoms with E-state index in [9.17, 15) is 0 Å². The Bertz CT molecular complexity index is 317. The van der Waals surface area contributed by atoms with Crippen molar-refractivity contribution in [1.82, 2.24) is 0 Å². The Morgan fingerprint density at radius 3 is 1.45 bits per heavy atom. The standard InChI is InChI=1S/C21H36.Ca.2H/c1-2-3-4-5-6-7-8-9-10-11-12-13-15-18-21-19-16-14-17-20-21;;;/h14,16-17,19-20H,2-13,15,18H2,1H3;;;/q;+2;2*-1. The number of hydrogen-bond acceptors (Lipinski definition) is 0. The summed E-state index contributed by atoms with van der Waals surface area (Å²) in [5, 5.41) is 0. The molecule has 0 radical (unpaired) electrons. The first-order valence-corrected chi connectivity index (χ1v) is 9.47. The smallest absolute Gasteiger partial charge is 1.00 e. The van der Waals surface area contributed by atoms with E-state index in [4.69, 9.17) is 0 Å². The van der Waals surface area contributed by atoms with Crippen molar-refractivity contribution in [1.29, 1.82) is 0 Å². The van der Waals surface area contributed by atoms with E-state index in [-0.39, 0.29) is 40.6 Å². The van der Waals surface area contributed by atoms with Crippen LogP contribution < -0.4 is 0 Å². The monoisotopic (exact) mass is 330 g/mol. The summed E-state index contributed by atoms with van der Waals surface area (Å²) >= 11 is 0. The minimum atomic E-state index is 0. The first-order valence-electron chi connectivity index (χ1n) is 9.47. The van der Waals surface area contributed by atoms with Gasteiger partial charge in [0, 0.05) is 0 Å². The van der Waals surface area contributed by atoms with E-state index in [0.717, 1.165) is 0 Å². The second-order valence-electron chi connectivity index (χ2n) is 6.48. The Morgan fingerprint density at radius 2 is 1.00 bits per heavy atom. The Hall–Kier alpha value is 0.480. The maximum Gasteiger partial charge on any atom is 2.00 e. The quantitative estimate of drug-likeness (QED) is 0.251. The molecular weight excluding hydrogens is 292 g/mol. The van der Waals surface area contributed by atoms with Gasteiger partial charge in [0.15, 0.2) is 0 Å². The molecule has 0 heterocycles. The van der Waals surface area contributed by atoms with E-state index in [1.165, 1.54) is 95.5 Å². The van der Waals surface area contributed by atoms with Crippen LogP contribution in [0.1, 0.15) is 98.8 Å². The molecular formula is C21H38Ca. The van der Waals surface area contributed by atoms with Crippen molar-refractivity contribution in [2.45, 2.75) is 96.8 Å². The van der Waals surface area contributed by atoms with Gasteiger partial charge in [0.25, 0.3) is 0 Å². The fourth-order valence-corrected chi connectivity index (χ4v) is 2.99. The Labute approximate surface area is 172 Å². The van der Waals surface area contributed by atoms with Crippen LogP contribution in [0.4, 0.5) is 0 Å². The predicted octanol–water partition coefficient (Wildman–Crippen LogP) is 7.16. The van der Waals surface area contributed by atoms with Gasteiger partial charge in [-0.1, -0.05) is 114 Å². The maximum atomic E-state index is 2.29. The van der Waals surface area contributed by atoms with Gasteiger partial charge < -0.3 is 2.85 Å². The minimum absolute atomic E-state index is 0. The molecule has 22 heavy (non-hydrogen) atoms. The fraction of sp³-hybridized carbons (Fsp3) is 0.714. The van der Waals surface area contributed by atoms with Crippen LogP contribution in [0, 0.1) is 0 Å². The van der Waals surface area contributed by atoms with Crippen molar-refractivity contribution in [3.05, 3.63) is 35.9 Å². The Morgan fingerprint density at radius 1 is 0.591 bits per heavy atom. The van der Waals surface area contributed by atoms with Gasteiger partial charge in [0.1, 0.15) is 0 Å². The summed E-state index contributed by atoms with van der Waals surface area (Å²) in [5.41, 5.74) is 1.50. The van der Waals surface area contributed by atoms with Gasteiger partial charge in [-0.2, -0.15) is 0 Å². The van der Waals surface area contributed by atoms with Crippen molar-refractivity contribution >= 4 is 37.7 Å². The van der Waals surface area contributed by atoms with Gasteiger partial charge in [-0.25, -0.2) is 0 Å². The second kappa shape index (κ2) is 17.8. The van der Waals surface area contributed by atoms with Crippen molar-refractivity contribution in [2.75, 3.05) is 0 Å². The third-order valence-electron chi connectivity index (χ3n) is 4.41. The van der Waals surface area contributed by atoms with Gasteiger partial charge in [0.2, 0.25) is 0 Å². The van der Waals surface area contributed by atoms with Crippen LogP contribution in [-0.2, 0) is 6.42 Å². The first kappa shape index (κ1) is 22.5. The fourth-order valence-electron chi connectivity index (χ4n) is 2.99. The molecule has 0 nitrogen and oxygen atoms in total. The molecule has 0 saturated carbocycles. The first-order chi connectivity index (χ1) is 10.4. The van der Waals surface area contributed by atoms with Crippen LogP contribution in [0.5, 0.6) is 0 Å². The molecule has 0 atom stereocenters. The number of aryl methyl sites for hydroxylation is 1. The molecule has 0 amide bonds. The third kappa shape index (κ3) is 14.1. The number of rotatable bonds is 14. The van der Waals surface area contributed by atoms with Crippen LogP contribution in [-0.4, -0.2) is 37.7 Å². The molecule has 0 aliphatic rings. The number of hydrogen-bond donors (Lipinski definition) is 0. The van der Waals surface area contributed by atoms with Crippen molar-refractivity contribution in [3.63, 3.8) is 0 Å². The average molecular weight is 331 g/mol. The zero-order chi connectivity index (χ0) is 15.0. The SMILES string of the molecule is CCCCCCCCCCCCCCCc1ccccc1.[Ca+2].[H-].[H-]. The van der Waals surface area contributed by atoms with E-state index in [1.54, 1.807) is 0 Å². The molecule has 1 rings (SSSR count). The molecule has 0 bridgehead atoms. The van der Waals surface area contributed by atoms with Crippen LogP contribution in [0.15, 0.2) is 30.3 Å². The van der Waals surface area contributed by atoms with Crippen LogP contribution in [0.2, 0.25) is 0 Å². The van der Waals surface area contributed by atoms with Gasteiger partial charge in [-0.15, -0.1) is 0 Å². The van der Waals surface area contributed by atoms with Crippen molar-refractivity contribution in [3.8, 4) is 0 Å². The van der Waals surface area contributed by atoms with E-state index < -0.39 is 0 Å². The van der Waals surface area contributed by atoms with Crippen LogP contribution in [0.25, 0.3) is 0 Å². The Balaban J connectivity index is -0.00000147. The summed E-state index contributed by atoms with van der Waals surface area (Å²) < 4.78 is 0. The average Bonchev–Trinajstić information content (AvgIpc) is 2.53. The van der Waals surface area contributed by atoms with E-state index in [0.29, 0.717) is 0 Å². The molecule has 0 N–H and O–H groups in total. The minimum Gasteiger partial charge on any atom is -1.00 e. The van der Waals surface area contributed by atoms with Crippen LogP contribution >= 0.6 is 0 Å². The largest absolute Gasteiger partial charge is 2.00 e. The summed E-state index contributed by atoms with van der Waals surface area (Å²) in [4.78, 5) is 0. The number of benzene rings is 1. The molecule has 1 aromatic carbocycles. The molecule has 0 spiro atoms. The molecule has 0 fully saturated rings. The van der Waals surface area contributed by atoms with Gasteiger partial charge in [0.05, 0.1) is 0 Å². The van der Waals surface area contributed by atoms with Crippen LogP contribution in [0.3, 0.4) is 0 Å². The zero-order valence-corrected chi connectivity index (χ0v) is 17.2. The van der Waals surface area contributed by atoms with Gasteiger partial charge in [-0.3, -0.25) is 0 Å². The summed E-state index contributed by atoms with van der Waals surface area (Å²) in [5.74, 6) is 0. The molecule has 1 aromatic rings. The molecule has 0 aromatic heterocycles. The van der Waals surface area contributed by atoms with Gasteiger partial charge in [-0.05, 0) is 18.4 Å². The van der Waals surface area contributed by atoms with E-state index >= 15 is 0 Å². The number of unbranched alkanes of at least 4 members (excludes halogenated alkanes) is 12. The predicted molar refractivity (Wildman–Crippen MR) is 104 cm³/mol. The maximum absolute atomic E-state index is 2.29. The zero-order valence-electron chi connectivity index (χ0n) is 17.0. The molecule has 1 heteroatoms. The molecule has 124 valence electrons. The second-order valence-corrected chi connectivity index (χ2v) is 6.48. The summed E-state index contributed by atoms with van der Waals surface area (Å²) in [6, 6.07) is 10.9. The normalized spacial score (nSPS) is 10.4. The molecule has 0 aliphatic heterocycles. The Kier molecular flexibility index (Phi) is 18.2. The summed E-state index contributed by atoms with van der Waals surface area (Å²) in [6.07, 6.45) is 20.0. The topological polar surface area (TPSA) is 0 Å². The van der Waals surface area contributed by atoms with E-state index in [1.807, 2.05) is 0 Å². The summed E-state index contributed by atoms with van der Waals surface area (Å²) in [6.45, 7) is 2.29. The van der Waals surface area contributed by atoms with E-state index in [2.05, 4.69) is 37.3 Å². The van der Waals surface area contributed by atoms with Gasteiger partial charge >= 0.3 is 37.7 Å². The molecule has 0 saturated heterocycles. The van der Waals surface area contributed by atoms with Crippen molar-refractivity contribution in [2.24, 2.45) is 0 Å². The third-order valence-corrected chi connectivity index (χ3v) is 4.41. The molecule has 0 unspecified atom stereocenters.